The summed E-state index contributed by atoms with van der Waals surface area (Å²) in [6, 6.07) is 1.93. The van der Waals surface area contributed by atoms with Gasteiger partial charge in [-0.2, -0.15) is 0 Å². The monoisotopic (exact) mass is 300 g/mol. The molecule has 3 unspecified atom stereocenters. The van der Waals surface area contributed by atoms with Crippen LogP contribution in [0.25, 0.3) is 0 Å². The van der Waals surface area contributed by atoms with E-state index in [0.29, 0.717) is 6.42 Å². The summed E-state index contributed by atoms with van der Waals surface area (Å²) in [6.45, 7) is 7.59. The summed E-state index contributed by atoms with van der Waals surface area (Å²) in [5.41, 5.74) is 3.01. The van der Waals surface area contributed by atoms with Crippen LogP contribution in [0.15, 0.2) is 6.07 Å². The van der Waals surface area contributed by atoms with Gasteiger partial charge in [-0.25, -0.2) is 0 Å². The summed E-state index contributed by atoms with van der Waals surface area (Å²) < 4.78 is 5.48. The van der Waals surface area contributed by atoms with Gasteiger partial charge in [0.25, 0.3) is 0 Å². The zero-order chi connectivity index (χ0) is 15.4. The van der Waals surface area contributed by atoms with E-state index in [1.807, 2.05) is 19.9 Å². The average molecular weight is 301 g/mol. The van der Waals surface area contributed by atoms with Gasteiger partial charge >= 0.3 is 0 Å². The molecule has 2 N–H and O–H groups in total. The lowest BCUT2D eigenvalue weighted by atomic mass is 9.85. The molecule has 0 aliphatic carbocycles. The van der Waals surface area contributed by atoms with Gasteiger partial charge in [0.1, 0.15) is 5.75 Å². The molecule has 0 saturated carbocycles. The Labute approximate surface area is 126 Å². The van der Waals surface area contributed by atoms with Crippen LogP contribution < -0.4 is 4.74 Å². The third-order valence-corrected chi connectivity index (χ3v) is 4.48. The molecular formula is C16H25ClO3. The predicted octanol–water partition coefficient (Wildman–Crippen LogP) is 3.59. The summed E-state index contributed by atoms with van der Waals surface area (Å²) >= 11 is 6.34. The largest absolute Gasteiger partial charge is 0.496 e. The van der Waals surface area contributed by atoms with Gasteiger partial charge in [-0.1, -0.05) is 18.5 Å². The predicted molar refractivity (Wildman–Crippen MR) is 82.8 cm³/mol. The molecule has 0 saturated heterocycles. The second-order valence-electron chi connectivity index (χ2n) is 5.40. The van der Waals surface area contributed by atoms with Crippen LogP contribution in [0, 0.1) is 13.8 Å². The molecule has 0 aromatic heterocycles. The van der Waals surface area contributed by atoms with E-state index in [-0.39, 0.29) is 5.92 Å². The van der Waals surface area contributed by atoms with Crippen molar-refractivity contribution in [3.8, 4) is 5.75 Å². The Bertz CT molecular complexity index is 458. The smallest absolute Gasteiger partial charge is 0.122 e. The number of rotatable bonds is 6. The molecule has 3 atom stereocenters. The first-order chi connectivity index (χ1) is 9.33. The number of halogens is 1. The first kappa shape index (κ1) is 17.3. The normalized spacial score (nSPS) is 15.8. The lowest BCUT2D eigenvalue weighted by molar-refractivity contribution is 0.0213. The number of ether oxygens (including phenoxy) is 1. The van der Waals surface area contributed by atoms with E-state index in [0.717, 1.165) is 33.9 Å². The fourth-order valence-corrected chi connectivity index (χ4v) is 2.75. The minimum Gasteiger partial charge on any atom is -0.496 e. The van der Waals surface area contributed by atoms with E-state index >= 15 is 0 Å². The Morgan fingerprint density at radius 1 is 1.30 bits per heavy atom. The second-order valence-corrected chi connectivity index (χ2v) is 5.78. The molecule has 114 valence electrons. The van der Waals surface area contributed by atoms with E-state index < -0.39 is 12.2 Å². The molecule has 1 rings (SSSR count). The highest BCUT2D eigenvalue weighted by Crippen LogP contribution is 2.39. The van der Waals surface area contributed by atoms with Crippen LogP contribution in [0.3, 0.4) is 0 Å². The first-order valence-electron chi connectivity index (χ1n) is 7.03. The van der Waals surface area contributed by atoms with Crippen molar-refractivity contribution in [3.63, 3.8) is 0 Å². The van der Waals surface area contributed by atoms with Crippen LogP contribution >= 0.6 is 11.6 Å². The maximum Gasteiger partial charge on any atom is 0.122 e. The molecule has 0 fully saturated rings. The molecule has 4 heteroatoms. The van der Waals surface area contributed by atoms with Crippen molar-refractivity contribution in [1.29, 1.82) is 0 Å². The number of hydrogen-bond acceptors (Lipinski definition) is 3. The lowest BCUT2D eigenvalue weighted by Crippen LogP contribution is -2.25. The first-order valence-corrected chi connectivity index (χ1v) is 7.40. The third kappa shape index (κ3) is 3.66. The summed E-state index contributed by atoms with van der Waals surface area (Å²) in [4.78, 5) is 0. The fourth-order valence-electron chi connectivity index (χ4n) is 2.59. The van der Waals surface area contributed by atoms with Crippen molar-refractivity contribution in [2.45, 2.75) is 58.7 Å². The minimum absolute atomic E-state index is 0.104. The molecule has 0 bridgehead atoms. The van der Waals surface area contributed by atoms with Crippen LogP contribution in [0.4, 0.5) is 0 Å². The third-order valence-electron chi connectivity index (χ3n) is 3.90. The van der Waals surface area contributed by atoms with Gasteiger partial charge in [0.2, 0.25) is 0 Å². The van der Waals surface area contributed by atoms with Crippen molar-refractivity contribution in [2.24, 2.45) is 0 Å². The van der Waals surface area contributed by atoms with Crippen LogP contribution in [0.1, 0.15) is 49.3 Å². The SMILES string of the molecule is CCC(CC(O)C(C)O)c1c(OC)cc(C)c(Cl)c1C. The number of aryl methyl sites for hydroxylation is 1. The standard InChI is InChI=1S/C16H25ClO3/c1-6-12(8-13(19)11(4)18)15-10(3)16(17)9(2)7-14(15)20-5/h7,11-13,18-19H,6,8H2,1-5H3. The summed E-state index contributed by atoms with van der Waals surface area (Å²) in [6.07, 6.45) is -0.147. The van der Waals surface area contributed by atoms with Crippen molar-refractivity contribution < 1.29 is 14.9 Å². The zero-order valence-corrected chi connectivity index (χ0v) is 13.7. The van der Waals surface area contributed by atoms with Gasteiger partial charge in [0.05, 0.1) is 19.3 Å². The maximum atomic E-state index is 9.94. The zero-order valence-electron chi connectivity index (χ0n) is 12.9. The Morgan fingerprint density at radius 3 is 2.35 bits per heavy atom. The van der Waals surface area contributed by atoms with E-state index in [1.165, 1.54) is 0 Å². The van der Waals surface area contributed by atoms with Gasteiger partial charge in [0, 0.05) is 10.6 Å². The highest BCUT2D eigenvalue weighted by molar-refractivity contribution is 6.32. The van der Waals surface area contributed by atoms with E-state index in [4.69, 9.17) is 16.3 Å². The number of methoxy groups -OCH3 is 1. The number of benzene rings is 1. The Morgan fingerprint density at radius 2 is 1.90 bits per heavy atom. The van der Waals surface area contributed by atoms with Crippen molar-refractivity contribution in [1.82, 2.24) is 0 Å². The van der Waals surface area contributed by atoms with Gasteiger partial charge in [-0.15, -0.1) is 0 Å². The van der Waals surface area contributed by atoms with Crippen molar-refractivity contribution in [3.05, 3.63) is 27.8 Å². The van der Waals surface area contributed by atoms with Gasteiger partial charge in [-0.3, -0.25) is 0 Å². The molecule has 0 aliphatic heterocycles. The molecule has 0 spiro atoms. The highest BCUT2D eigenvalue weighted by Gasteiger charge is 2.24. The van der Waals surface area contributed by atoms with Crippen LogP contribution in [-0.2, 0) is 0 Å². The molecular weight excluding hydrogens is 276 g/mol. The van der Waals surface area contributed by atoms with Crippen molar-refractivity contribution >= 4 is 11.6 Å². The summed E-state index contributed by atoms with van der Waals surface area (Å²) in [5, 5.41) is 20.2. The average Bonchev–Trinajstić information content (AvgIpc) is 2.42. The van der Waals surface area contributed by atoms with Gasteiger partial charge in [-0.05, 0) is 56.7 Å². The molecule has 1 aromatic rings. The molecule has 3 nitrogen and oxygen atoms in total. The molecule has 1 aromatic carbocycles. The Hall–Kier alpha value is -0.770. The molecule has 20 heavy (non-hydrogen) atoms. The van der Waals surface area contributed by atoms with Crippen molar-refractivity contribution in [2.75, 3.05) is 7.11 Å². The Kier molecular flexibility index (Phi) is 6.31. The molecule has 0 aliphatic rings. The number of hydrogen-bond donors (Lipinski definition) is 2. The number of aliphatic hydroxyl groups excluding tert-OH is 2. The summed E-state index contributed by atoms with van der Waals surface area (Å²) in [7, 11) is 1.64. The number of aliphatic hydroxyl groups is 2. The molecule has 0 amide bonds. The van der Waals surface area contributed by atoms with Crippen LogP contribution in [0.5, 0.6) is 5.75 Å². The van der Waals surface area contributed by atoms with E-state index in [2.05, 4.69) is 6.92 Å². The second kappa shape index (κ2) is 7.30. The summed E-state index contributed by atoms with van der Waals surface area (Å²) in [5.74, 6) is 0.904. The quantitative estimate of drug-likeness (QED) is 0.844. The van der Waals surface area contributed by atoms with Crippen LogP contribution in [-0.4, -0.2) is 29.5 Å². The minimum atomic E-state index is -0.746. The lowest BCUT2D eigenvalue weighted by Gasteiger charge is -2.25. The maximum absolute atomic E-state index is 9.94. The molecule has 0 heterocycles. The highest BCUT2D eigenvalue weighted by atomic mass is 35.5. The van der Waals surface area contributed by atoms with Gasteiger partial charge < -0.3 is 14.9 Å². The fraction of sp³-hybridized carbons (Fsp3) is 0.625. The molecule has 0 radical (unpaired) electrons. The van der Waals surface area contributed by atoms with E-state index in [9.17, 15) is 10.2 Å². The topological polar surface area (TPSA) is 49.7 Å². The van der Waals surface area contributed by atoms with Gasteiger partial charge in [0.15, 0.2) is 0 Å². The Balaban J connectivity index is 3.24. The van der Waals surface area contributed by atoms with E-state index in [1.54, 1.807) is 14.0 Å². The van der Waals surface area contributed by atoms with Crippen LogP contribution in [0.2, 0.25) is 5.02 Å².